The van der Waals surface area contributed by atoms with E-state index < -0.39 is 21.8 Å². The van der Waals surface area contributed by atoms with Crippen LogP contribution in [0.5, 0.6) is 5.75 Å². The minimum absolute atomic E-state index is 0.0407. The molecule has 2 aliphatic rings. The summed E-state index contributed by atoms with van der Waals surface area (Å²) in [6.07, 6.45) is 2.15. The minimum atomic E-state index is -3.86. The number of nitrogens with one attached hydrogen (secondary N) is 2. The number of nitrogens with zero attached hydrogens (tertiary/aromatic N) is 1. The van der Waals surface area contributed by atoms with E-state index in [1.54, 1.807) is 7.11 Å². The van der Waals surface area contributed by atoms with Crippen molar-refractivity contribution in [2.45, 2.75) is 23.8 Å². The average molecular weight is 429 g/mol. The largest absolute Gasteiger partial charge is 0.497 e. The van der Waals surface area contributed by atoms with Crippen molar-refractivity contribution in [2.24, 2.45) is 0 Å². The van der Waals surface area contributed by atoms with Gasteiger partial charge in [-0.15, -0.1) is 0 Å². The number of imide groups is 1. The van der Waals surface area contributed by atoms with Gasteiger partial charge in [0.1, 0.15) is 5.75 Å². The van der Waals surface area contributed by atoms with Gasteiger partial charge in [0.05, 0.1) is 23.1 Å². The summed E-state index contributed by atoms with van der Waals surface area (Å²) in [6, 6.07) is 11.5. The molecule has 1 unspecified atom stereocenters. The van der Waals surface area contributed by atoms with E-state index in [1.807, 2.05) is 24.3 Å². The number of sulfonamides is 1. The molecule has 2 N–H and O–H groups in total. The fourth-order valence-electron chi connectivity index (χ4n) is 3.92. The van der Waals surface area contributed by atoms with Gasteiger partial charge < -0.3 is 4.74 Å². The lowest BCUT2D eigenvalue weighted by molar-refractivity contribution is 0.0879. The molecule has 1 atom stereocenters. The zero-order chi connectivity index (χ0) is 21.3. The van der Waals surface area contributed by atoms with Gasteiger partial charge in [-0.2, -0.15) is 0 Å². The summed E-state index contributed by atoms with van der Waals surface area (Å²) in [7, 11) is -2.26. The van der Waals surface area contributed by atoms with Crippen molar-refractivity contribution in [1.29, 1.82) is 0 Å². The molecule has 1 saturated heterocycles. The molecule has 2 aliphatic heterocycles. The van der Waals surface area contributed by atoms with Crippen LogP contribution in [0.4, 0.5) is 0 Å². The molecule has 2 amide bonds. The van der Waals surface area contributed by atoms with E-state index in [-0.39, 0.29) is 28.6 Å². The van der Waals surface area contributed by atoms with Crippen LogP contribution in [-0.2, 0) is 10.0 Å². The monoisotopic (exact) mass is 429 g/mol. The third-order valence-corrected chi connectivity index (χ3v) is 6.99. The Labute approximate surface area is 175 Å². The summed E-state index contributed by atoms with van der Waals surface area (Å²) < 4.78 is 33.7. The van der Waals surface area contributed by atoms with Gasteiger partial charge in [-0.05, 0) is 61.8 Å². The van der Waals surface area contributed by atoms with Crippen LogP contribution in [0.2, 0.25) is 0 Å². The fourth-order valence-corrected chi connectivity index (χ4v) is 4.99. The van der Waals surface area contributed by atoms with Gasteiger partial charge in [-0.3, -0.25) is 19.8 Å². The number of carbonyl (C=O) groups excluding carboxylic acids is 2. The average Bonchev–Trinajstić information content (AvgIpc) is 3.37. The molecule has 2 aromatic carbocycles. The number of carbonyl (C=O) groups is 2. The summed E-state index contributed by atoms with van der Waals surface area (Å²) >= 11 is 0. The van der Waals surface area contributed by atoms with Crippen LogP contribution in [0.1, 0.15) is 45.2 Å². The van der Waals surface area contributed by atoms with Crippen molar-refractivity contribution in [3.63, 3.8) is 0 Å². The second-order valence-electron chi connectivity index (χ2n) is 7.37. The Bertz CT molecular complexity index is 1080. The van der Waals surface area contributed by atoms with Crippen LogP contribution in [-0.4, -0.2) is 51.9 Å². The van der Waals surface area contributed by atoms with Crippen LogP contribution < -0.4 is 14.8 Å². The second-order valence-corrected chi connectivity index (χ2v) is 9.14. The first-order valence-corrected chi connectivity index (χ1v) is 11.2. The van der Waals surface area contributed by atoms with Crippen LogP contribution in [0.3, 0.4) is 0 Å². The Morgan fingerprint density at radius 1 is 1.03 bits per heavy atom. The molecule has 8 nitrogen and oxygen atoms in total. The lowest BCUT2D eigenvalue weighted by Crippen LogP contribution is -2.36. The Balaban J connectivity index is 1.56. The Kier molecular flexibility index (Phi) is 5.59. The molecule has 0 aliphatic carbocycles. The smallest absolute Gasteiger partial charge is 0.258 e. The zero-order valence-electron chi connectivity index (χ0n) is 16.6. The highest BCUT2D eigenvalue weighted by molar-refractivity contribution is 7.89. The first kappa shape index (κ1) is 20.5. The summed E-state index contributed by atoms with van der Waals surface area (Å²) in [5.74, 6) is -0.355. The number of methoxy groups -OCH3 is 1. The zero-order valence-corrected chi connectivity index (χ0v) is 17.4. The molecular weight excluding hydrogens is 406 g/mol. The summed E-state index contributed by atoms with van der Waals surface area (Å²) in [5, 5.41) is 2.17. The quantitative estimate of drug-likeness (QED) is 0.649. The highest BCUT2D eigenvalue weighted by Crippen LogP contribution is 2.27. The van der Waals surface area contributed by atoms with Gasteiger partial charge in [-0.25, -0.2) is 13.1 Å². The lowest BCUT2D eigenvalue weighted by Gasteiger charge is -2.28. The van der Waals surface area contributed by atoms with E-state index in [2.05, 4.69) is 14.9 Å². The number of fused-ring (bicyclic) bond motifs is 1. The molecule has 0 radical (unpaired) electrons. The molecule has 0 saturated carbocycles. The number of rotatable bonds is 7. The first-order chi connectivity index (χ1) is 14.4. The topological polar surface area (TPSA) is 105 Å². The van der Waals surface area contributed by atoms with Crippen molar-refractivity contribution >= 4 is 21.8 Å². The standard InChI is InChI=1S/C21H23N3O5S/c1-29-15-6-4-14(5-7-15)19(24-10-2-3-11-24)13-22-30(27,28)16-8-9-17-18(12-16)21(26)23-20(17)25/h4-9,12,19,22H,2-3,10-11,13H2,1H3,(H,23,25,26). The van der Waals surface area contributed by atoms with Crippen molar-refractivity contribution in [3.05, 3.63) is 59.2 Å². The number of amides is 2. The van der Waals surface area contributed by atoms with Gasteiger partial charge in [0.2, 0.25) is 10.0 Å². The Morgan fingerprint density at radius 2 is 1.70 bits per heavy atom. The van der Waals surface area contributed by atoms with Crippen LogP contribution in [0, 0.1) is 0 Å². The first-order valence-electron chi connectivity index (χ1n) is 9.76. The third-order valence-electron chi connectivity index (χ3n) is 5.57. The minimum Gasteiger partial charge on any atom is -0.497 e. The van der Waals surface area contributed by atoms with Crippen LogP contribution >= 0.6 is 0 Å². The molecule has 0 bridgehead atoms. The van der Waals surface area contributed by atoms with Gasteiger partial charge in [0, 0.05) is 12.6 Å². The van der Waals surface area contributed by atoms with E-state index in [1.165, 1.54) is 18.2 Å². The number of hydrogen-bond acceptors (Lipinski definition) is 6. The number of likely N-dealkylation sites (tertiary alicyclic amines) is 1. The predicted octanol–water partition coefficient (Wildman–Crippen LogP) is 1.69. The maximum absolute atomic E-state index is 12.9. The number of ether oxygens (including phenoxy) is 1. The molecule has 158 valence electrons. The molecule has 1 fully saturated rings. The predicted molar refractivity (Wildman–Crippen MR) is 110 cm³/mol. The maximum atomic E-state index is 12.9. The number of hydrogen-bond donors (Lipinski definition) is 2. The maximum Gasteiger partial charge on any atom is 0.258 e. The molecule has 2 aromatic rings. The van der Waals surface area contributed by atoms with Crippen molar-refractivity contribution in [3.8, 4) is 5.75 Å². The summed E-state index contributed by atoms with van der Waals surface area (Å²) in [6.45, 7) is 2.00. The van der Waals surface area contributed by atoms with E-state index in [4.69, 9.17) is 4.74 Å². The van der Waals surface area contributed by atoms with Gasteiger partial charge in [0.15, 0.2) is 0 Å². The third kappa shape index (κ3) is 3.96. The Morgan fingerprint density at radius 3 is 2.37 bits per heavy atom. The van der Waals surface area contributed by atoms with Gasteiger partial charge >= 0.3 is 0 Å². The van der Waals surface area contributed by atoms with E-state index in [9.17, 15) is 18.0 Å². The summed E-state index contributed by atoms with van der Waals surface area (Å²) in [5.41, 5.74) is 1.26. The van der Waals surface area contributed by atoms with Gasteiger partial charge in [-0.1, -0.05) is 12.1 Å². The fraction of sp³-hybridized carbons (Fsp3) is 0.333. The Hall–Kier alpha value is -2.75. The van der Waals surface area contributed by atoms with Crippen molar-refractivity contribution in [1.82, 2.24) is 14.9 Å². The van der Waals surface area contributed by atoms with Crippen LogP contribution in [0.15, 0.2) is 47.4 Å². The van der Waals surface area contributed by atoms with E-state index >= 15 is 0 Å². The van der Waals surface area contributed by atoms with Crippen molar-refractivity contribution in [2.75, 3.05) is 26.7 Å². The molecule has 9 heteroatoms. The van der Waals surface area contributed by atoms with Gasteiger partial charge in [0.25, 0.3) is 11.8 Å². The second kappa shape index (κ2) is 8.17. The molecule has 30 heavy (non-hydrogen) atoms. The molecular formula is C21H23N3O5S. The number of benzene rings is 2. The molecule has 0 spiro atoms. The van der Waals surface area contributed by atoms with E-state index in [0.29, 0.717) is 0 Å². The normalized spacial score (nSPS) is 17.6. The van der Waals surface area contributed by atoms with Crippen molar-refractivity contribution < 1.29 is 22.7 Å². The molecule has 0 aromatic heterocycles. The summed E-state index contributed by atoms with van der Waals surface area (Å²) in [4.78, 5) is 25.8. The highest BCUT2D eigenvalue weighted by Gasteiger charge is 2.30. The SMILES string of the molecule is COc1ccc(C(CNS(=O)(=O)c2ccc3c(c2)C(=O)NC3=O)N2CCCC2)cc1. The molecule has 4 rings (SSSR count). The van der Waals surface area contributed by atoms with Crippen LogP contribution in [0.25, 0.3) is 0 Å². The molecule has 2 heterocycles. The van der Waals surface area contributed by atoms with E-state index in [0.717, 1.165) is 37.2 Å². The highest BCUT2D eigenvalue weighted by atomic mass is 32.2. The lowest BCUT2D eigenvalue weighted by atomic mass is 10.1.